The van der Waals surface area contributed by atoms with Gasteiger partial charge < -0.3 is 10.1 Å². The Bertz CT molecular complexity index is 374. The number of halogens is 1. The van der Waals surface area contributed by atoms with Crippen LogP contribution in [0.15, 0.2) is 22.7 Å². The van der Waals surface area contributed by atoms with Crippen molar-refractivity contribution < 1.29 is 4.74 Å². The lowest BCUT2D eigenvalue weighted by Gasteiger charge is -2.08. The molecule has 0 spiro atoms. The molecule has 0 bridgehead atoms. The zero-order chi connectivity index (χ0) is 11.8. The first-order valence-corrected chi connectivity index (χ1v) is 6.09. The fourth-order valence-corrected chi connectivity index (χ4v) is 1.78. The quantitative estimate of drug-likeness (QED) is 0.816. The van der Waals surface area contributed by atoms with Gasteiger partial charge in [0.25, 0.3) is 0 Å². The van der Waals surface area contributed by atoms with Crippen molar-refractivity contribution in [3.63, 3.8) is 0 Å². The molecule has 4 heteroatoms. The molecule has 1 rings (SSSR count). The highest BCUT2D eigenvalue weighted by Gasteiger charge is 2.04. The van der Waals surface area contributed by atoms with Gasteiger partial charge in [0.2, 0.25) is 0 Å². The Morgan fingerprint density at radius 1 is 1.50 bits per heavy atom. The van der Waals surface area contributed by atoms with Crippen molar-refractivity contribution in [3.8, 4) is 6.07 Å². The molecule has 0 saturated carbocycles. The molecule has 0 unspecified atom stereocenters. The molecule has 0 radical (unpaired) electrons. The van der Waals surface area contributed by atoms with Crippen molar-refractivity contribution in [1.29, 1.82) is 5.26 Å². The fourth-order valence-electron chi connectivity index (χ4n) is 1.33. The van der Waals surface area contributed by atoms with Crippen LogP contribution < -0.4 is 5.32 Å². The Morgan fingerprint density at radius 3 is 3.00 bits per heavy atom. The van der Waals surface area contributed by atoms with E-state index >= 15 is 0 Å². The van der Waals surface area contributed by atoms with Crippen LogP contribution in [0.25, 0.3) is 0 Å². The number of ether oxygens (including phenoxy) is 1. The minimum absolute atomic E-state index is 0.652. The highest BCUT2D eigenvalue weighted by Crippen LogP contribution is 2.23. The Kier molecular flexibility index (Phi) is 5.91. The monoisotopic (exact) mass is 282 g/mol. The first-order valence-electron chi connectivity index (χ1n) is 5.29. The maximum Gasteiger partial charge on any atom is 0.103 e. The van der Waals surface area contributed by atoms with Crippen LogP contribution in [0, 0.1) is 11.3 Å². The van der Waals surface area contributed by atoms with Gasteiger partial charge in [0.15, 0.2) is 0 Å². The average molecular weight is 283 g/mol. The minimum Gasteiger partial charge on any atom is -0.384 e. The van der Waals surface area contributed by atoms with E-state index in [0.29, 0.717) is 5.56 Å². The van der Waals surface area contributed by atoms with Gasteiger partial charge in [0.1, 0.15) is 6.07 Å². The summed E-state index contributed by atoms with van der Waals surface area (Å²) in [6.07, 6.45) is 0.936. The molecule has 1 N–H and O–H groups in total. The zero-order valence-corrected chi connectivity index (χ0v) is 10.9. The van der Waals surface area contributed by atoms with E-state index in [0.717, 1.165) is 36.3 Å². The Morgan fingerprint density at radius 2 is 2.31 bits per heavy atom. The van der Waals surface area contributed by atoms with E-state index in [1.807, 2.05) is 25.1 Å². The first kappa shape index (κ1) is 13.0. The summed E-state index contributed by atoms with van der Waals surface area (Å²) in [5, 5.41) is 12.2. The van der Waals surface area contributed by atoms with Crippen molar-refractivity contribution >= 4 is 21.6 Å². The van der Waals surface area contributed by atoms with Crippen molar-refractivity contribution in [2.75, 3.05) is 25.1 Å². The van der Waals surface area contributed by atoms with E-state index in [-0.39, 0.29) is 0 Å². The van der Waals surface area contributed by atoms with Crippen LogP contribution >= 0.6 is 15.9 Å². The van der Waals surface area contributed by atoms with E-state index in [9.17, 15) is 0 Å². The molecule has 16 heavy (non-hydrogen) atoms. The van der Waals surface area contributed by atoms with E-state index in [1.165, 1.54) is 0 Å². The largest absolute Gasteiger partial charge is 0.384 e. The summed E-state index contributed by atoms with van der Waals surface area (Å²) in [6.45, 7) is 4.29. The molecule has 86 valence electrons. The van der Waals surface area contributed by atoms with E-state index in [2.05, 4.69) is 27.3 Å². The maximum absolute atomic E-state index is 9.00. The third-order valence-electron chi connectivity index (χ3n) is 2.11. The molecule has 0 amide bonds. The second-order valence-electron chi connectivity index (χ2n) is 3.25. The third kappa shape index (κ3) is 3.84. The van der Waals surface area contributed by atoms with Gasteiger partial charge in [-0.3, -0.25) is 0 Å². The van der Waals surface area contributed by atoms with Crippen LogP contribution in [0.3, 0.4) is 0 Å². The molecular formula is C12H15BrN2O. The highest BCUT2D eigenvalue weighted by atomic mass is 79.9. The van der Waals surface area contributed by atoms with Gasteiger partial charge in [-0.25, -0.2) is 0 Å². The van der Waals surface area contributed by atoms with E-state index in [1.54, 1.807) is 0 Å². The molecule has 0 fully saturated rings. The predicted octanol–water partition coefficient (Wildman–Crippen LogP) is 3.16. The summed E-state index contributed by atoms with van der Waals surface area (Å²) in [5.74, 6) is 0. The number of hydrogen-bond donors (Lipinski definition) is 1. The molecule has 0 saturated heterocycles. The zero-order valence-electron chi connectivity index (χ0n) is 9.29. The topological polar surface area (TPSA) is 45.0 Å². The molecule has 1 aromatic carbocycles. The third-order valence-corrected chi connectivity index (χ3v) is 2.77. The van der Waals surface area contributed by atoms with Crippen LogP contribution in [-0.4, -0.2) is 19.8 Å². The Balaban J connectivity index is 2.48. The normalized spacial score (nSPS) is 9.81. The summed E-state index contributed by atoms with van der Waals surface area (Å²) in [7, 11) is 0. The van der Waals surface area contributed by atoms with Crippen molar-refractivity contribution in [2.24, 2.45) is 0 Å². The van der Waals surface area contributed by atoms with Crippen LogP contribution in [0.2, 0.25) is 0 Å². The number of nitrogens with zero attached hydrogens (tertiary/aromatic N) is 1. The molecule has 0 heterocycles. The van der Waals surface area contributed by atoms with Crippen LogP contribution in [-0.2, 0) is 4.74 Å². The fraction of sp³-hybridized carbons (Fsp3) is 0.417. The van der Waals surface area contributed by atoms with Gasteiger partial charge in [0, 0.05) is 24.2 Å². The second-order valence-corrected chi connectivity index (χ2v) is 4.11. The summed E-state index contributed by atoms with van der Waals surface area (Å²) in [5.41, 5.74) is 1.52. The lowest BCUT2D eigenvalue weighted by molar-refractivity contribution is 0.147. The van der Waals surface area contributed by atoms with Crippen LogP contribution in [0.5, 0.6) is 0 Å². The maximum atomic E-state index is 9.00. The molecule has 0 atom stereocenters. The van der Waals surface area contributed by atoms with Gasteiger partial charge in [-0.2, -0.15) is 5.26 Å². The summed E-state index contributed by atoms with van der Waals surface area (Å²) in [4.78, 5) is 0. The summed E-state index contributed by atoms with van der Waals surface area (Å²) >= 11 is 3.35. The molecule has 3 nitrogen and oxygen atoms in total. The average Bonchev–Trinajstić information content (AvgIpc) is 2.29. The number of benzene rings is 1. The van der Waals surface area contributed by atoms with Gasteiger partial charge in [-0.15, -0.1) is 0 Å². The lowest BCUT2D eigenvalue weighted by atomic mass is 10.2. The molecule has 0 aliphatic heterocycles. The number of nitrogens with one attached hydrogen (secondary N) is 1. The van der Waals surface area contributed by atoms with Crippen LogP contribution in [0.1, 0.15) is 18.9 Å². The van der Waals surface area contributed by atoms with Gasteiger partial charge in [-0.05, 0) is 41.4 Å². The summed E-state index contributed by atoms with van der Waals surface area (Å²) < 4.78 is 6.06. The second kappa shape index (κ2) is 7.26. The van der Waals surface area contributed by atoms with Gasteiger partial charge >= 0.3 is 0 Å². The minimum atomic E-state index is 0.652. The summed E-state index contributed by atoms with van der Waals surface area (Å²) in [6, 6.07) is 7.86. The van der Waals surface area contributed by atoms with Crippen LogP contribution in [0.4, 0.5) is 5.69 Å². The molecule has 0 aliphatic rings. The lowest BCUT2D eigenvalue weighted by Crippen LogP contribution is -2.06. The van der Waals surface area contributed by atoms with Gasteiger partial charge in [0.05, 0.1) is 11.3 Å². The SMILES string of the molecule is CCOCCCNc1cccc(Br)c1C#N. The highest BCUT2D eigenvalue weighted by molar-refractivity contribution is 9.10. The molecule has 0 aliphatic carbocycles. The molecule has 1 aromatic rings. The number of nitriles is 1. The Hall–Kier alpha value is -1.05. The number of hydrogen-bond acceptors (Lipinski definition) is 3. The van der Waals surface area contributed by atoms with Gasteiger partial charge in [-0.1, -0.05) is 6.07 Å². The van der Waals surface area contributed by atoms with E-state index < -0.39 is 0 Å². The van der Waals surface area contributed by atoms with Crippen molar-refractivity contribution in [1.82, 2.24) is 0 Å². The molecular weight excluding hydrogens is 268 g/mol. The van der Waals surface area contributed by atoms with Crippen molar-refractivity contribution in [3.05, 3.63) is 28.2 Å². The Labute approximate surface area is 105 Å². The molecule has 0 aromatic heterocycles. The predicted molar refractivity (Wildman–Crippen MR) is 68.5 cm³/mol. The number of anilines is 1. The standard InChI is InChI=1S/C12H15BrN2O/c1-2-16-8-4-7-15-12-6-3-5-11(13)10(12)9-14/h3,5-6,15H,2,4,7-8H2,1H3. The van der Waals surface area contributed by atoms with E-state index in [4.69, 9.17) is 10.00 Å². The first-order chi connectivity index (χ1) is 7.79. The van der Waals surface area contributed by atoms with Crippen molar-refractivity contribution in [2.45, 2.75) is 13.3 Å². The number of rotatable bonds is 6. The smallest absolute Gasteiger partial charge is 0.103 e.